The van der Waals surface area contributed by atoms with Gasteiger partial charge in [-0.3, -0.25) is 4.72 Å². The number of piperidine rings is 1. The van der Waals surface area contributed by atoms with Gasteiger partial charge < -0.3 is 0 Å². The molecule has 6 nitrogen and oxygen atoms in total. The Balaban J connectivity index is 1.79. The van der Waals surface area contributed by atoms with Gasteiger partial charge in [-0.25, -0.2) is 16.8 Å². The number of anilines is 1. The van der Waals surface area contributed by atoms with Crippen LogP contribution < -0.4 is 4.72 Å². The maximum absolute atomic E-state index is 12.8. The summed E-state index contributed by atoms with van der Waals surface area (Å²) in [7, 11) is -7.38. The van der Waals surface area contributed by atoms with E-state index in [1.54, 1.807) is 12.1 Å². The van der Waals surface area contributed by atoms with Crippen molar-refractivity contribution in [3.8, 4) is 0 Å². The molecular weight excluding hydrogens is 408 g/mol. The lowest BCUT2D eigenvalue weighted by Gasteiger charge is -2.30. The molecule has 0 bridgehead atoms. The Kier molecular flexibility index (Phi) is 5.81. The first-order valence-corrected chi connectivity index (χ1v) is 11.9. The number of rotatable bonds is 5. The molecule has 1 aliphatic rings. The highest BCUT2D eigenvalue weighted by Crippen LogP contribution is 2.25. The van der Waals surface area contributed by atoms with Crippen molar-refractivity contribution in [2.24, 2.45) is 5.92 Å². The molecule has 146 valence electrons. The van der Waals surface area contributed by atoms with Crippen molar-refractivity contribution in [3.05, 3.63) is 53.6 Å². The number of halogens is 1. The molecule has 0 saturated carbocycles. The van der Waals surface area contributed by atoms with Gasteiger partial charge >= 0.3 is 0 Å². The second-order valence-corrected chi connectivity index (χ2v) is 10.8. The minimum absolute atomic E-state index is 0.0361. The molecule has 0 radical (unpaired) electrons. The van der Waals surface area contributed by atoms with E-state index in [0.29, 0.717) is 24.0 Å². The zero-order valence-corrected chi connectivity index (χ0v) is 17.2. The molecule has 0 amide bonds. The molecular formula is C18H21ClN2O4S2. The van der Waals surface area contributed by atoms with Crippen LogP contribution in [0.15, 0.2) is 58.3 Å². The maximum Gasteiger partial charge on any atom is 0.261 e. The highest BCUT2D eigenvalue weighted by atomic mass is 35.5. The molecule has 1 unspecified atom stereocenters. The second kappa shape index (κ2) is 7.79. The Morgan fingerprint density at radius 2 is 1.74 bits per heavy atom. The fourth-order valence-electron chi connectivity index (χ4n) is 3.06. The average molecular weight is 429 g/mol. The molecule has 1 heterocycles. The maximum atomic E-state index is 12.8. The SMILES string of the molecule is CC1CCCN(S(=O)(=O)c2ccc(NS(=O)(=O)c3cccc(Cl)c3)cc2)C1. The summed E-state index contributed by atoms with van der Waals surface area (Å²) in [6.45, 7) is 3.05. The molecule has 27 heavy (non-hydrogen) atoms. The van der Waals surface area contributed by atoms with E-state index in [-0.39, 0.29) is 15.5 Å². The first-order chi connectivity index (χ1) is 12.7. The monoisotopic (exact) mass is 428 g/mol. The van der Waals surface area contributed by atoms with Gasteiger partial charge in [-0.05, 0) is 61.2 Å². The van der Waals surface area contributed by atoms with E-state index in [4.69, 9.17) is 11.6 Å². The predicted molar refractivity (Wildman–Crippen MR) is 106 cm³/mol. The number of hydrogen-bond acceptors (Lipinski definition) is 4. The Labute approximate surface area is 165 Å². The number of nitrogens with zero attached hydrogens (tertiary/aromatic N) is 1. The molecule has 1 aliphatic heterocycles. The Morgan fingerprint density at radius 3 is 2.37 bits per heavy atom. The van der Waals surface area contributed by atoms with Gasteiger partial charge in [0, 0.05) is 23.8 Å². The number of benzene rings is 2. The van der Waals surface area contributed by atoms with E-state index >= 15 is 0 Å². The van der Waals surface area contributed by atoms with Crippen LogP contribution in [0.4, 0.5) is 5.69 Å². The molecule has 1 N–H and O–H groups in total. The minimum Gasteiger partial charge on any atom is -0.280 e. The lowest BCUT2D eigenvalue weighted by Crippen LogP contribution is -2.39. The Morgan fingerprint density at radius 1 is 1.04 bits per heavy atom. The third-order valence-electron chi connectivity index (χ3n) is 4.47. The third-order valence-corrected chi connectivity index (χ3v) is 7.96. The van der Waals surface area contributed by atoms with Crippen molar-refractivity contribution in [1.29, 1.82) is 0 Å². The van der Waals surface area contributed by atoms with E-state index in [1.807, 2.05) is 6.92 Å². The zero-order chi connectivity index (χ0) is 19.7. The van der Waals surface area contributed by atoms with Crippen molar-refractivity contribution in [1.82, 2.24) is 4.31 Å². The van der Waals surface area contributed by atoms with Gasteiger partial charge in [0.25, 0.3) is 10.0 Å². The molecule has 1 fully saturated rings. The van der Waals surface area contributed by atoms with Crippen molar-refractivity contribution >= 4 is 37.3 Å². The van der Waals surface area contributed by atoms with E-state index in [9.17, 15) is 16.8 Å². The first kappa shape index (κ1) is 20.1. The van der Waals surface area contributed by atoms with Gasteiger partial charge in [0.1, 0.15) is 0 Å². The summed E-state index contributed by atoms with van der Waals surface area (Å²) in [5, 5.41) is 0.315. The van der Waals surface area contributed by atoms with Gasteiger partial charge in [-0.2, -0.15) is 4.31 Å². The van der Waals surface area contributed by atoms with Crippen LogP contribution in [0.1, 0.15) is 19.8 Å². The van der Waals surface area contributed by atoms with E-state index in [1.165, 1.54) is 40.7 Å². The fourth-order valence-corrected chi connectivity index (χ4v) is 6.01. The quantitative estimate of drug-likeness (QED) is 0.789. The summed E-state index contributed by atoms with van der Waals surface area (Å²) >= 11 is 5.85. The number of hydrogen-bond donors (Lipinski definition) is 1. The van der Waals surface area contributed by atoms with E-state index in [0.717, 1.165) is 12.8 Å². The summed E-state index contributed by atoms with van der Waals surface area (Å²) < 4.78 is 54.3. The second-order valence-electron chi connectivity index (χ2n) is 6.70. The van der Waals surface area contributed by atoms with Crippen LogP contribution >= 0.6 is 11.6 Å². The van der Waals surface area contributed by atoms with Gasteiger partial charge in [0.05, 0.1) is 9.79 Å². The molecule has 0 spiro atoms. The fraction of sp³-hybridized carbons (Fsp3) is 0.333. The zero-order valence-electron chi connectivity index (χ0n) is 14.8. The number of sulfonamides is 2. The largest absolute Gasteiger partial charge is 0.280 e. The molecule has 0 aliphatic carbocycles. The van der Waals surface area contributed by atoms with Crippen LogP contribution in [-0.2, 0) is 20.0 Å². The molecule has 2 aromatic carbocycles. The van der Waals surface area contributed by atoms with Crippen LogP contribution in [-0.4, -0.2) is 34.2 Å². The van der Waals surface area contributed by atoms with Crippen LogP contribution in [0.25, 0.3) is 0 Å². The topological polar surface area (TPSA) is 83.6 Å². The lowest BCUT2D eigenvalue weighted by atomic mass is 10.0. The predicted octanol–water partition coefficient (Wildman–Crippen LogP) is 3.56. The lowest BCUT2D eigenvalue weighted by molar-refractivity contribution is 0.281. The van der Waals surface area contributed by atoms with E-state index in [2.05, 4.69) is 4.72 Å². The molecule has 1 atom stereocenters. The number of nitrogens with one attached hydrogen (secondary N) is 1. The standard InChI is InChI=1S/C18H21ClN2O4S2/c1-14-4-3-11-21(13-14)27(24,25)17-9-7-16(8-10-17)20-26(22,23)18-6-2-5-15(19)12-18/h2,5-10,12,14,20H,3-4,11,13H2,1H3. The van der Waals surface area contributed by atoms with Gasteiger partial charge in [0.15, 0.2) is 0 Å². The Bertz CT molecular complexity index is 1020. The van der Waals surface area contributed by atoms with Crippen LogP contribution in [0, 0.1) is 5.92 Å². The average Bonchev–Trinajstić information content (AvgIpc) is 2.62. The van der Waals surface area contributed by atoms with Gasteiger partial charge in [-0.15, -0.1) is 0 Å². The Hall–Kier alpha value is -1.61. The molecule has 1 saturated heterocycles. The van der Waals surface area contributed by atoms with Crippen LogP contribution in [0.2, 0.25) is 5.02 Å². The van der Waals surface area contributed by atoms with Crippen molar-refractivity contribution in [2.45, 2.75) is 29.6 Å². The smallest absolute Gasteiger partial charge is 0.261 e. The molecule has 2 aromatic rings. The third kappa shape index (κ3) is 4.63. The van der Waals surface area contributed by atoms with Crippen LogP contribution in [0.5, 0.6) is 0 Å². The highest BCUT2D eigenvalue weighted by Gasteiger charge is 2.28. The van der Waals surface area contributed by atoms with Crippen molar-refractivity contribution < 1.29 is 16.8 Å². The molecule has 0 aromatic heterocycles. The minimum atomic E-state index is -3.81. The van der Waals surface area contributed by atoms with E-state index < -0.39 is 20.0 Å². The molecule has 3 rings (SSSR count). The summed E-state index contributed by atoms with van der Waals surface area (Å²) in [6, 6.07) is 11.7. The summed E-state index contributed by atoms with van der Waals surface area (Å²) in [4.78, 5) is 0.191. The van der Waals surface area contributed by atoms with Gasteiger partial charge in [0.2, 0.25) is 10.0 Å². The van der Waals surface area contributed by atoms with Gasteiger partial charge in [-0.1, -0.05) is 24.6 Å². The van der Waals surface area contributed by atoms with Crippen LogP contribution in [0.3, 0.4) is 0 Å². The normalized spacial score (nSPS) is 19.0. The first-order valence-electron chi connectivity index (χ1n) is 8.57. The molecule has 9 heteroatoms. The summed E-state index contributed by atoms with van der Waals surface area (Å²) in [5.41, 5.74) is 0.279. The highest BCUT2D eigenvalue weighted by molar-refractivity contribution is 7.92. The van der Waals surface area contributed by atoms with Crippen molar-refractivity contribution in [2.75, 3.05) is 17.8 Å². The summed E-state index contributed by atoms with van der Waals surface area (Å²) in [6.07, 6.45) is 1.87. The summed E-state index contributed by atoms with van der Waals surface area (Å²) in [5.74, 6) is 0.331. The van der Waals surface area contributed by atoms with Crippen molar-refractivity contribution in [3.63, 3.8) is 0 Å².